The fourth-order valence-electron chi connectivity index (χ4n) is 2.87. The predicted molar refractivity (Wildman–Crippen MR) is 77.5 cm³/mol. The Morgan fingerprint density at radius 3 is 2.40 bits per heavy atom. The predicted octanol–water partition coefficient (Wildman–Crippen LogP) is 4.08. The van der Waals surface area contributed by atoms with Crippen LogP contribution in [0, 0.1) is 0 Å². The van der Waals surface area contributed by atoms with Crippen LogP contribution >= 0.6 is 0 Å². The molecule has 0 radical (unpaired) electrons. The van der Waals surface area contributed by atoms with E-state index >= 15 is 0 Å². The Balaban J connectivity index is 2.36. The van der Waals surface area contributed by atoms with E-state index in [2.05, 4.69) is 10.1 Å². The molecule has 0 spiro atoms. The van der Waals surface area contributed by atoms with Gasteiger partial charge in [0.1, 0.15) is 5.71 Å². The van der Waals surface area contributed by atoms with Crippen LogP contribution in [0.2, 0.25) is 0 Å². The van der Waals surface area contributed by atoms with Crippen LogP contribution in [-0.2, 0) is 6.18 Å². The molecule has 0 aliphatic carbocycles. The minimum absolute atomic E-state index is 0.00615. The summed E-state index contributed by atoms with van der Waals surface area (Å²) in [5.74, 6) is -0.796. The summed E-state index contributed by atoms with van der Waals surface area (Å²) in [4.78, 5) is 15.6. The van der Waals surface area contributed by atoms with Crippen LogP contribution in [0.3, 0.4) is 0 Å². The van der Waals surface area contributed by atoms with Gasteiger partial charge in [-0.05, 0) is 24.6 Å². The first-order valence-electron chi connectivity index (χ1n) is 7.31. The van der Waals surface area contributed by atoms with E-state index < -0.39 is 41.7 Å². The molecule has 1 atom stereocenters. The zero-order valence-corrected chi connectivity index (χ0v) is 12.7. The van der Waals surface area contributed by atoms with Crippen molar-refractivity contribution < 1.29 is 26.3 Å². The van der Waals surface area contributed by atoms with Gasteiger partial charge in [0.25, 0.3) is 0 Å². The van der Waals surface area contributed by atoms with Gasteiger partial charge in [-0.3, -0.25) is 0 Å². The number of hydrogen-bond donors (Lipinski definition) is 0. The molecule has 10 heteroatoms. The van der Waals surface area contributed by atoms with E-state index in [1.54, 1.807) is 6.92 Å². The number of hydrogen-bond acceptors (Lipinski definition) is 3. The summed E-state index contributed by atoms with van der Waals surface area (Å²) in [7, 11) is 0. The van der Waals surface area contributed by atoms with Crippen LogP contribution in [0.4, 0.5) is 26.3 Å². The average molecular weight is 363 g/mol. The Labute approximate surface area is 136 Å². The number of aromatic nitrogens is 2. The number of benzene rings is 1. The zero-order chi connectivity index (χ0) is 18.6. The molecule has 1 unspecified atom stereocenters. The highest BCUT2D eigenvalue weighted by molar-refractivity contribution is 5.92. The van der Waals surface area contributed by atoms with Gasteiger partial charge in [0.2, 0.25) is 0 Å². The number of nitrogens with zero attached hydrogens (tertiary/aromatic N) is 3. The molecule has 0 saturated heterocycles. The van der Waals surface area contributed by atoms with Crippen LogP contribution < -0.4 is 5.69 Å². The summed E-state index contributed by atoms with van der Waals surface area (Å²) in [6, 6.07) is 2.61. The van der Waals surface area contributed by atoms with E-state index in [0.29, 0.717) is 4.68 Å². The third-order valence-corrected chi connectivity index (χ3v) is 4.09. The smallest absolute Gasteiger partial charge is 0.244 e. The number of rotatable bonds is 1. The fourth-order valence-corrected chi connectivity index (χ4v) is 2.87. The van der Waals surface area contributed by atoms with Crippen molar-refractivity contribution in [1.29, 1.82) is 0 Å². The van der Waals surface area contributed by atoms with Crippen LogP contribution in [0.15, 0.2) is 28.1 Å². The molecule has 0 saturated carbocycles. The van der Waals surface area contributed by atoms with E-state index in [1.165, 1.54) is 0 Å². The van der Waals surface area contributed by atoms with Gasteiger partial charge >= 0.3 is 18.0 Å². The zero-order valence-electron chi connectivity index (χ0n) is 12.7. The Kier molecular flexibility index (Phi) is 3.88. The molecule has 3 rings (SSSR count). The first kappa shape index (κ1) is 17.4. The molecular formula is C15H11F6N3O. The summed E-state index contributed by atoms with van der Waals surface area (Å²) >= 11 is 0. The third kappa shape index (κ3) is 3.00. The van der Waals surface area contributed by atoms with Crippen molar-refractivity contribution in [3.05, 3.63) is 39.9 Å². The molecule has 2 heterocycles. The average Bonchev–Trinajstić information content (AvgIpc) is 2.51. The largest absolute Gasteiger partial charge is 0.431 e. The highest BCUT2D eigenvalue weighted by Gasteiger charge is 2.41. The van der Waals surface area contributed by atoms with Crippen LogP contribution in [-0.4, -0.2) is 21.5 Å². The fraction of sp³-hybridized carbons (Fsp3) is 0.400. The van der Waals surface area contributed by atoms with E-state index in [0.717, 1.165) is 18.2 Å². The monoisotopic (exact) mass is 363 g/mol. The molecule has 0 bridgehead atoms. The van der Waals surface area contributed by atoms with E-state index in [4.69, 9.17) is 0 Å². The summed E-state index contributed by atoms with van der Waals surface area (Å²) < 4.78 is 78.3. The molecule has 25 heavy (non-hydrogen) atoms. The van der Waals surface area contributed by atoms with Gasteiger partial charge in [0.15, 0.2) is 0 Å². The highest BCUT2D eigenvalue weighted by atomic mass is 19.4. The molecular weight excluding hydrogens is 352 g/mol. The lowest BCUT2D eigenvalue weighted by atomic mass is 9.91. The van der Waals surface area contributed by atoms with Crippen molar-refractivity contribution in [3.63, 3.8) is 0 Å². The Bertz CT molecular complexity index is 926. The van der Waals surface area contributed by atoms with E-state index in [1.807, 2.05) is 0 Å². The van der Waals surface area contributed by atoms with Crippen LogP contribution in [0.1, 0.15) is 36.9 Å². The number of halogens is 6. The lowest BCUT2D eigenvalue weighted by Gasteiger charge is -2.26. The molecule has 2 aromatic rings. The lowest BCUT2D eigenvalue weighted by molar-refractivity contribution is -0.137. The maximum absolute atomic E-state index is 13.0. The van der Waals surface area contributed by atoms with Crippen molar-refractivity contribution in [3.8, 4) is 0 Å². The SMILES string of the molecule is CCC1CC(C(F)(F)F)=Nn2c1c1cc(C(F)(F)F)ccc1nc2=O. The van der Waals surface area contributed by atoms with Crippen molar-refractivity contribution in [2.75, 3.05) is 0 Å². The molecule has 134 valence electrons. The first-order chi connectivity index (χ1) is 11.5. The minimum Gasteiger partial charge on any atom is -0.244 e. The van der Waals surface area contributed by atoms with Gasteiger partial charge < -0.3 is 0 Å². The van der Waals surface area contributed by atoms with Gasteiger partial charge in [-0.1, -0.05) is 6.92 Å². The molecule has 4 nitrogen and oxygen atoms in total. The highest BCUT2D eigenvalue weighted by Crippen LogP contribution is 2.38. The summed E-state index contributed by atoms with van der Waals surface area (Å²) in [6.45, 7) is 1.60. The van der Waals surface area contributed by atoms with Crippen molar-refractivity contribution in [2.24, 2.45) is 5.10 Å². The number of alkyl halides is 6. The topological polar surface area (TPSA) is 47.2 Å². The van der Waals surface area contributed by atoms with Gasteiger partial charge in [0, 0.05) is 17.7 Å². The second-order valence-corrected chi connectivity index (χ2v) is 5.67. The first-order valence-corrected chi connectivity index (χ1v) is 7.31. The van der Waals surface area contributed by atoms with Crippen LogP contribution in [0.25, 0.3) is 10.9 Å². The van der Waals surface area contributed by atoms with Gasteiger partial charge in [-0.25, -0.2) is 4.79 Å². The standard InChI is InChI=1S/C15H11F6N3O/c1-2-7-5-11(15(19,20)21)23-24-12(7)9-6-8(14(16,17)18)3-4-10(9)22-13(24)25/h3-4,6-7H,2,5H2,1H3. The molecule has 1 aliphatic heterocycles. The second-order valence-electron chi connectivity index (χ2n) is 5.67. The molecule has 1 aliphatic rings. The Morgan fingerprint density at radius 2 is 1.84 bits per heavy atom. The molecule has 0 amide bonds. The molecule has 0 fully saturated rings. The molecule has 1 aromatic carbocycles. The van der Waals surface area contributed by atoms with Crippen molar-refractivity contribution in [2.45, 2.75) is 38.0 Å². The maximum atomic E-state index is 13.0. The molecule has 0 N–H and O–H groups in total. The Hall–Kier alpha value is -2.39. The van der Waals surface area contributed by atoms with Crippen molar-refractivity contribution >= 4 is 16.6 Å². The maximum Gasteiger partial charge on any atom is 0.431 e. The van der Waals surface area contributed by atoms with Gasteiger partial charge in [0.05, 0.1) is 16.8 Å². The molecule has 1 aromatic heterocycles. The summed E-state index contributed by atoms with van der Waals surface area (Å²) in [5.41, 5.74) is -3.15. The number of fused-ring (bicyclic) bond motifs is 3. The lowest BCUT2D eigenvalue weighted by Crippen LogP contribution is -2.35. The van der Waals surface area contributed by atoms with Crippen molar-refractivity contribution in [1.82, 2.24) is 9.66 Å². The Morgan fingerprint density at radius 1 is 1.16 bits per heavy atom. The normalized spacial score (nSPS) is 18.2. The summed E-state index contributed by atoms with van der Waals surface area (Å²) in [6.07, 6.45) is -9.66. The van der Waals surface area contributed by atoms with Gasteiger partial charge in [-0.2, -0.15) is 41.1 Å². The quantitative estimate of drug-likeness (QED) is 0.717. The van der Waals surface area contributed by atoms with E-state index in [9.17, 15) is 31.1 Å². The minimum atomic E-state index is -4.73. The van der Waals surface area contributed by atoms with Crippen LogP contribution in [0.5, 0.6) is 0 Å². The second kappa shape index (κ2) is 5.57. The van der Waals surface area contributed by atoms with Gasteiger partial charge in [-0.15, -0.1) is 0 Å². The third-order valence-electron chi connectivity index (χ3n) is 4.09. The summed E-state index contributed by atoms with van der Waals surface area (Å²) in [5, 5.41) is 3.29. The van der Waals surface area contributed by atoms with E-state index in [-0.39, 0.29) is 23.0 Å².